The van der Waals surface area contributed by atoms with Crippen LogP contribution < -0.4 is 25.8 Å². The molecule has 0 saturated carbocycles. The lowest BCUT2D eigenvalue weighted by atomic mass is 10.0. The number of Topliss-reactive ketones (excluding diaryl/α,β-unsaturated/α-hetero) is 1. The fourth-order valence-electron chi connectivity index (χ4n) is 4.86. The summed E-state index contributed by atoms with van der Waals surface area (Å²) in [6, 6.07) is 23.1. The first-order valence-electron chi connectivity index (χ1n) is 16.9. The van der Waals surface area contributed by atoms with E-state index < -0.39 is 0 Å². The molecule has 1 heterocycles. The standard InChI is InChI=1S/C37H47N7O5/c1-3-4-5-6-10-13-33(46)28-14-16-31(17-15-28)41-37-43-35(40-30-18-20-32(45)21-19-30)42-36(44(37)2)39-23-25-49-27-26-48-24-22-38-34(47)29-11-8-7-9-12-29/h7-9,11-12,14-21H,3-6,10,13,22-27H2,1-2H3,(H4,38,39,40,41,42,43,45,46,47)/p+1. The Labute approximate surface area is 288 Å². The van der Waals surface area contributed by atoms with Crippen molar-refractivity contribution >= 4 is 40.9 Å². The first-order valence-corrected chi connectivity index (χ1v) is 16.9. The Kier molecular flexibility index (Phi) is 15.3. The highest BCUT2D eigenvalue weighted by Crippen LogP contribution is 2.20. The quantitative estimate of drug-likeness (QED) is 0.0295. The maximum absolute atomic E-state index is 12.7. The Hall–Kier alpha value is -5.07. The lowest BCUT2D eigenvalue weighted by Gasteiger charge is -2.12. The highest BCUT2D eigenvalue weighted by Gasteiger charge is 2.19. The minimum Gasteiger partial charge on any atom is -0.508 e. The van der Waals surface area contributed by atoms with Crippen molar-refractivity contribution in [1.29, 1.82) is 0 Å². The van der Waals surface area contributed by atoms with Crippen molar-refractivity contribution in [3.8, 4) is 5.75 Å². The van der Waals surface area contributed by atoms with Crippen molar-refractivity contribution in [2.24, 2.45) is 7.05 Å². The molecular weight excluding hydrogens is 622 g/mol. The van der Waals surface area contributed by atoms with Crippen LogP contribution in [0.1, 0.15) is 66.2 Å². The number of nitrogens with one attached hydrogen (secondary N) is 4. The van der Waals surface area contributed by atoms with Crippen molar-refractivity contribution in [2.75, 3.05) is 55.5 Å². The fraction of sp³-hybridized carbons (Fsp3) is 0.378. The summed E-state index contributed by atoms with van der Waals surface area (Å²) in [5, 5.41) is 22.3. The van der Waals surface area contributed by atoms with Crippen LogP contribution in [0.2, 0.25) is 0 Å². The molecule has 0 spiro atoms. The summed E-state index contributed by atoms with van der Waals surface area (Å²) in [5.41, 5.74) is 2.81. The number of aromatic nitrogens is 3. The van der Waals surface area contributed by atoms with Gasteiger partial charge in [0.25, 0.3) is 5.91 Å². The zero-order valence-corrected chi connectivity index (χ0v) is 28.4. The van der Waals surface area contributed by atoms with Gasteiger partial charge < -0.3 is 30.5 Å². The molecule has 5 N–H and O–H groups in total. The molecule has 12 heteroatoms. The predicted octanol–water partition coefficient (Wildman–Crippen LogP) is 5.91. The molecule has 0 bridgehead atoms. The molecule has 0 radical (unpaired) electrons. The normalized spacial score (nSPS) is 10.8. The maximum atomic E-state index is 12.7. The van der Waals surface area contributed by atoms with E-state index in [4.69, 9.17) is 9.47 Å². The van der Waals surface area contributed by atoms with Crippen LogP contribution in [0.5, 0.6) is 5.75 Å². The Balaban J connectivity index is 1.27. The summed E-state index contributed by atoms with van der Waals surface area (Å²) in [6.07, 6.45) is 6.12. The van der Waals surface area contributed by atoms with Crippen molar-refractivity contribution in [1.82, 2.24) is 15.3 Å². The van der Waals surface area contributed by atoms with Gasteiger partial charge >= 0.3 is 17.8 Å². The molecule has 0 atom stereocenters. The Bertz CT molecular complexity index is 1590. The highest BCUT2D eigenvalue weighted by molar-refractivity contribution is 5.96. The second kappa shape index (κ2) is 20.3. The molecule has 12 nitrogen and oxygen atoms in total. The van der Waals surface area contributed by atoms with Gasteiger partial charge in [0.2, 0.25) is 0 Å². The largest absolute Gasteiger partial charge is 0.508 e. The average Bonchev–Trinajstić information content (AvgIpc) is 3.12. The Morgan fingerprint density at radius 1 is 0.714 bits per heavy atom. The van der Waals surface area contributed by atoms with Gasteiger partial charge in [0, 0.05) is 36.8 Å². The maximum Gasteiger partial charge on any atom is 0.329 e. The van der Waals surface area contributed by atoms with E-state index in [1.165, 1.54) is 19.3 Å². The summed E-state index contributed by atoms with van der Waals surface area (Å²) < 4.78 is 13.1. The van der Waals surface area contributed by atoms with Crippen LogP contribution in [0, 0.1) is 0 Å². The molecule has 4 aromatic rings. The van der Waals surface area contributed by atoms with Gasteiger partial charge in [-0.1, -0.05) is 60.8 Å². The van der Waals surface area contributed by atoms with Crippen LogP contribution in [0.25, 0.3) is 0 Å². The monoisotopic (exact) mass is 670 g/mol. The summed E-state index contributed by atoms with van der Waals surface area (Å²) in [5.74, 6) is 1.60. The molecule has 49 heavy (non-hydrogen) atoms. The van der Waals surface area contributed by atoms with Crippen LogP contribution in [-0.4, -0.2) is 66.3 Å². The van der Waals surface area contributed by atoms with Gasteiger partial charge in [-0.2, -0.15) is 0 Å². The van der Waals surface area contributed by atoms with Gasteiger partial charge in [0.15, 0.2) is 5.78 Å². The smallest absolute Gasteiger partial charge is 0.329 e. The number of carbonyl (C=O) groups is 2. The second-order valence-electron chi connectivity index (χ2n) is 11.5. The number of phenols is 1. The summed E-state index contributed by atoms with van der Waals surface area (Å²) in [6.45, 7) is 4.69. The van der Waals surface area contributed by atoms with Crippen LogP contribution in [-0.2, 0) is 16.5 Å². The molecule has 0 aliphatic heterocycles. The topological polar surface area (TPSA) is 151 Å². The number of amides is 1. The van der Waals surface area contributed by atoms with Crippen LogP contribution in [0.15, 0.2) is 78.9 Å². The first-order chi connectivity index (χ1) is 23.9. The lowest BCUT2D eigenvalue weighted by Crippen LogP contribution is -2.39. The number of carbonyl (C=O) groups excluding carboxylic acids is 2. The summed E-state index contributed by atoms with van der Waals surface area (Å²) in [7, 11) is 1.84. The lowest BCUT2D eigenvalue weighted by molar-refractivity contribution is -0.647. The minimum absolute atomic E-state index is 0.127. The second-order valence-corrected chi connectivity index (χ2v) is 11.5. The number of unbranched alkanes of at least 4 members (excludes halogenated alkanes) is 4. The van der Waals surface area contributed by atoms with Gasteiger partial charge in [0.1, 0.15) is 5.75 Å². The molecule has 3 aromatic carbocycles. The Morgan fingerprint density at radius 3 is 2.06 bits per heavy atom. The van der Waals surface area contributed by atoms with Gasteiger partial charge in [0.05, 0.1) is 38.7 Å². The van der Waals surface area contributed by atoms with E-state index >= 15 is 0 Å². The third-order valence-corrected chi connectivity index (χ3v) is 7.62. The number of phenolic OH excluding ortho intramolecular Hbond substituents is 1. The van der Waals surface area contributed by atoms with Crippen LogP contribution in [0.4, 0.5) is 29.2 Å². The third kappa shape index (κ3) is 12.8. The van der Waals surface area contributed by atoms with Crippen LogP contribution >= 0.6 is 0 Å². The van der Waals surface area contributed by atoms with E-state index in [0.717, 1.165) is 18.5 Å². The zero-order chi connectivity index (χ0) is 34.7. The van der Waals surface area contributed by atoms with E-state index in [2.05, 4.69) is 38.2 Å². The van der Waals surface area contributed by atoms with Crippen molar-refractivity contribution < 1.29 is 28.7 Å². The number of nitrogens with zero attached hydrogens (tertiary/aromatic N) is 3. The third-order valence-electron chi connectivity index (χ3n) is 7.62. The van der Waals surface area contributed by atoms with Gasteiger partial charge in [-0.3, -0.25) is 14.9 Å². The first kappa shape index (κ1) is 36.8. The number of hydrogen-bond acceptors (Lipinski definition) is 10. The Morgan fingerprint density at radius 2 is 1.35 bits per heavy atom. The zero-order valence-electron chi connectivity index (χ0n) is 28.4. The summed E-state index contributed by atoms with van der Waals surface area (Å²) >= 11 is 0. The van der Waals surface area contributed by atoms with Gasteiger partial charge in [-0.05, 0) is 67.1 Å². The predicted molar refractivity (Wildman–Crippen MR) is 191 cm³/mol. The van der Waals surface area contributed by atoms with Crippen molar-refractivity contribution in [3.63, 3.8) is 0 Å². The average molecular weight is 671 g/mol. The highest BCUT2D eigenvalue weighted by atomic mass is 16.5. The van der Waals surface area contributed by atoms with E-state index in [1.54, 1.807) is 41.0 Å². The molecule has 1 amide bonds. The molecule has 0 aliphatic carbocycles. The molecule has 0 unspecified atom stereocenters. The van der Waals surface area contributed by atoms with E-state index in [0.29, 0.717) is 80.6 Å². The number of hydrogen-bond donors (Lipinski definition) is 5. The van der Waals surface area contributed by atoms with Crippen molar-refractivity contribution in [2.45, 2.75) is 45.4 Å². The molecule has 260 valence electrons. The minimum atomic E-state index is -0.127. The number of ketones is 1. The molecular formula is C37H48N7O5+. The molecule has 1 aromatic heterocycles. The molecule has 0 saturated heterocycles. The summed E-state index contributed by atoms with van der Waals surface area (Å²) in [4.78, 5) is 34.1. The molecule has 4 rings (SSSR count). The fourth-order valence-corrected chi connectivity index (χ4v) is 4.86. The molecule has 0 aliphatic rings. The van der Waals surface area contributed by atoms with Crippen molar-refractivity contribution in [3.05, 3.63) is 90.0 Å². The number of aromatic hydroxyl groups is 1. The van der Waals surface area contributed by atoms with E-state index in [1.807, 2.05) is 49.5 Å². The number of rotatable bonds is 22. The van der Waals surface area contributed by atoms with E-state index in [-0.39, 0.29) is 17.4 Å². The SMILES string of the molecule is CCCCCCCC(=O)c1ccc(Nc2nc(Nc3ccc(O)cc3)nc(NCCOCCOCCNC(=O)c3ccccc3)[n+]2C)cc1. The number of benzene rings is 3. The number of anilines is 5. The van der Waals surface area contributed by atoms with Gasteiger partial charge in [-0.25, -0.2) is 4.57 Å². The molecule has 0 fully saturated rings. The van der Waals surface area contributed by atoms with Crippen LogP contribution in [0.3, 0.4) is 0 Å². The van der Waals surface area contributed by atoms with Gasteiger partial charge in [-0.15, -0.1) is 0 Å². The number of ether oxygens (including phenoxy) is 2. The van der Waals surface area contributed by atoms with E-state index in [9.17, 15) is 14.7 Å².